The van der Waals surface area contributed by atoms with Gasteiger partial charge >= 0.3 is 5.97 Å². The maximum atomic E-state index is 14.1. The molecular weight excluding hydrogens is 534 g/mol. The largest absolute Gasteiger partial charge is 0.493 e. The van der Waals surface area contributed by atoms with Crippen molar-refractivity contribution in [1.29, 1.82) is 0 Å². The van der Waals surface area contributed by atoms with Crippen molar-refractivity contribution in [3.63, 3.8) is 0 Å². The van der Waals surface area contributed by atoms with Crippen LogP contribution in [0.3, 0.4) is 0 Å². The molecule has 42 heavy (non-hydrogen) atoms. The summed E-state index contributed by atoms with van der Waals surface area (Å²) in [6.45, 7) is 0.363. The van der Waals surface area contributed by atoms with E-state index in [1.807, 2.05) is 42.5 Å². The Morgan fingerprint density at radius 1 is 0.714 bits per heavy atom. The van der Waals surface area contributed by atoms with E-state index >= 15 is 0 Å². The Labute approximate surface area is 245 Å². The summed E-state index contributed by atoms with van der Waals surface area (Å²) in [7, 11) is 6.28. The van der Waals surface area contributed by atoms with E-state index in [2.05, 4.69) is 0 Å². The number of fused-ring (bicyclic) bond motifs is 1. The molecule has 0 fully saturated rings. The highest BCUT2D eigenvalue weighted by molar-refractivity contribution is 5.95. The van der Waals surface area contributed by atoms with Gasteiger partial charge in [0.2, 0.25) is 0 Å². The molecule has 0 spiro atoms. The lowest BCUT2D eigenvalue weighted by Crippen LogP contribution is -2.43. The van der Waals surface area contributed by atoms with Gasteiger partial charge < -0.3 is 28.6 Å². The van der Waals surface area contributed by atoms with Crippen molar-refractivity contribution >= 4 is 11.9 Å². The number of hydrogen-bond acceptors (Lipinski definition) is 7. The van der Waals surface area contributed by atoms with Crippen molar-refractivity contribution in [3.05, 3.63) is 119 Å². The average molecular weight is 568 g/mol. The first-order valence-electron chi connectivity index (χ1n) is 13.6. The van der Waals surface area contributed by atoms with Gasteiger partial charge in [0.15, 0.2) is 29.1 Å². The molecule has 0 aromatic heterocycles. The zero-order valence-electron chi connectivity index (χ0n) is 24.0. The van der Waals surface area contributed by atoms with Gasteiger partial charge in [0, 0.05) is 17.7 Å². The maximum absolute atomic E-state index is 14.1. The number of hydrogen-bond donors (Lipinski definition) is 0. The Hall–Kier alpha value is -4.98. The molecule has 5 rings (SSSR count). The molecule has 0 bridgehead atoms. The first kappa shape index (κ1) is 28.5. The Balaban J connectivity index is 1.71. The van der Waals surface area contributed by atoms with Crippen LogP contribution in [0.1, 0.15) is 49.6 Å². The van der Waals surface area contributed by atoms with Crippen molar-refractivity contribution in [2.75, 3.05) is 35.0 Å². The number of nitrogens with zero attached hydrogens (tertiary/aromatic N) is 1. The van der Waals surface area contributed by atoms with Gasteiger partial charge in [0.25, 0.3) is 5.91 Å². The summed E-state index contributed by atoms with van der Waals surface area (Å²) in [5.74, 6) is 1.48. The summed E-state index contributed by atoms with van der Waals surface area (Å²) in [5.41, 5.74) is 3.25. The first-order valence-corrected chi connectivity index (χ1v) is 13.6. The van der Waals surface area contributed by atoms with Crippen LogP contribution in [0.2, 0.25) is 0 Å². The lowest BCUT2D eigenvalue weighted by Gasteiger charge is -2.42. The van der Waals surface area contributed by atoms with Crippen LogP contribution in [0, 0.1) is 0 Å². The number of amides is 1. The highest BCUT2D eigenvalue weighted by Gasteiger charge is 2.41. The molecule has 8 nitrogen and oxygen atoms in total. The Morgan fingerprint density at radius 3 is 1.95 bits per heavy atom. The second-order valence-electron chi connectivity index (χ2n) is 9.73. The molecule has 1 heterocycles. The molecule has 1 amide bonds. The summed E-state index contributed by atoms with van der Waals surface area (Å²) in [6, 6.07) is 26.3. The van der Waals surface area contributed by atoms with Gasteiger partial charge in [-0.2, -0.15) is 0 Å². The zero-order valence-corrected chi connectivity index (χ0v) is 24.0. The lowest BCUT2D eigenvalue weighted by atomic mass is 9.85. The van der Waals surface area contributed by atoms with E-state index in [9.17, 15) is 9.59 Å². The normalized spacial score (nSPS) is 14.8. The topological polar surface area (TPSA) is 83.5 Å². The quantitative estimate of drug-likeness (QED) is 0.227. The van der Waals surface area contributed by atoms with Gasteiger partial charge in [0.05, 0.1) is 40.0 Å². The van der Waals surface area contributed by atoms with Gasteiger partial charge in [-0.05, 0) is 60.0 Å². The SMILES string of the molecule is COc1ccc([C@@H](OC(=O)c2ccccc2)[C@@H]2c3ccc(OC)c(OC)c3CCN2C(=O)c2ccccc2)cc1OC. The maximum Gasteiger partial charge on any atom is 0.338 e. The van der Waals surface area contributed by atoms with Crippen molar-refractivity contribution in [1.82, 2.24) is 4.90 Å². The highest BCUT2D eigenvalue weighted by Crippen LogP contribution is 2.48. The molecule has 0 N–H and O–H groups in total. The molecule has 216 valence electrons. The molecule has 0 radical (unpaired) electrons. The molecule has 0 saturated heterocycles. The van der Waals surface area contributed by atoms with E-state index in [0.717, 1.165) is 11.1 Å². The Morgan fingerprint density at radius 2 is 1.33 bits per heavy atom. The number of esters is 1. The second-order valence-corrected chi connectivity index (χ2v) is 9.73. The van der Waals surface area contributed by atoms with Gasteiger partial charge in [-0.15, -0.1) is 0 Å². The van der Waals surface area contributed by atoms with E-state index in [1.54, 1.807) is 81.9 Å². The molecule has 8 heteroatoms. The van der Waals surface area contributed by atoms with Crippen molar-refractivity contribution in [2.24, 2.45) is 0 Å². The molecular formula is C34H33NO7. The predicted molar refractivity (Wildman–Crippen MR) is 158 cm³/mol. The van der Waals surface area contributed by atoms with Crippen LogP contribution in [0.5, 0.6) is 23.0 Å². The number of benzene rings is 4. The third-order valence-electron chi connectivity index (χ3n) is 7.49. The summed E-state index contributed by atoms with van der Waals surface area (Å²) in [4.78, 5) is 29.5. The fourth-order valence-electron chi connectivity index (χ4n) is 5.48. The summed E-state index contributed by atoms with van der Waals surface area (Å²) >= 11 is 0. The zero-order chi connectivity index (χ0) is 29.6. The Bertz CT molecular complexity index is 1560. The minimum absolute atomic E-state index is 0.178. The molecule has 4 aromatic carbocycles. The number of methoxy groups -OCH3 is 4. The first-order chi connectivity index (χ1) is 20.5. The van der Waals surface area contributed by atoms with Crippen LogP contribution >= 0.6 is 0 Å². The van der Waals surface area contributed by atoms with Gasteiger partial charge in [-0.3, -0.25) is 4.79 Å². The number of carbonyl (C=O) groups is 2. The summed E-state index contributed by atoms with van der Waals surface area (Å²) in [5, 5.41) is 0. The van der Waals surface area contributed by atoms with Crippen LogP contribution in [0.25, 0.3) is 0 Å². The minimum Gasteiger partial charge on any atom is -0.493 e. The van der Waals surface area contributed by atoms with Gasteiger partial charge in [-0.25, -0.2) is 4.79 Å². The molecule has 1 aliphatic rings. The van der Waals surface area contributed by atoms with Crippen molar-refractivity contribution in [2.45, 2.75) is 18.6 Å². The standard InChI is InChI=1S/C34H33NO7/c1-38-27-17-15-24(21-29(27)40-3)31(42-34(37)23-13-9-6-10-14-23)30-25-16-18-28(39-2)32(41-4)26(25)19-20-35(30)33(36)22-11-7-5-8-12-22/h5-18,21,30-31H,19-20H2,1-4H3/t30-,31+/m0/s1. The van der Waals surface area contributed by atoms with Crippen LogP contribution in [0.15, 0.2) is 91.0 Å². The van der Waals surface area contributed by atoms with Crippen molar-refractivity contribution in [3.8, 4) is 23.0 Å². The fourth-order valence-corrected chi connectivity index (χ4v) is 5.48. The van der Waals surface area contributed by atoms with Crippen molar-refractivity contribution < 1.29 is 33.3 Å². The van der Waals surface area contributed by atoms with E-state index in [0.29, 0.717) is 52.7 Å². The molecule has 0 unspecified atom stereocenters. The van der Waals surface area contributed by atoms with E-state index in [4.69, 9.17) is 23.7 Å². The fraction of sp³-hybridized carbons (Fsp3) is 0.235. The smallest absolute Gasteiger partial charge is 0.338 e. The molecule has 2 atom stereocenters. The Kier molecular flexibility index (Phi) is 8.62. The van der Waals surface area contributed by atoms with E-state index in [1.165, 1.54) is 0 Å². The molecule has 0 aliphatic carbocycles. The van der Waals surface area contributed by atoms with E-state index in [-0.39, 0.29) is 5.91 Å². The summed E-state index contributed by atoms with van der Waals surface area (Å²) in [6.07, 6.45) is -0.391. The average Bonchev–Trinajstić information content (AvgIpc) is 3.06. The monoisotopic (exact) mass is 567 g/mol. The molecule has 4 aromatic rings. The number of carbonyl (C=O) groups excluding carboxylic acids is 2. The van der Waals surface area contributed by atoms with Gasteiger partial charge in [0.1, 0.15) is 0 Å². The predicted octanol–water partition coefficient (Wildman–Crippen LogP) is 6.06. The third-order valence-corrected chi connectivity index (χ3v) is 7.49. The minimum atomic E-state index is -0.915. The van der Waals surface area contributed by atoms with Crippen LogP contribution in [0.4, 0.5) is 0 Å². The number of ether oxygens (including phenoxy) is 5. The molecule has 0 saturated carbocycles. The van der Waals surface area contributed by atoms with Crippen LogP contribution in [-0.4, -0.2) is 51.8 Å². The second kappa shape index (κ2) is 12.7. The van der Waals surface area contributed by atoms with Gasteiger partial charge in [-0.1, -0.05) is 48.5 Å². The van der Waals surface area contributed by atoms with E-state index < -0.39 is 18.1 Å². The highest BCUT2D eigenvalue weighted by atomic mass is 16.5. The third kappa shape index (κ3) is 5.48. The van der Waals surface area contributed by atoms with Crippen LogP contribution in [-0.2, 0) is 11.2 Å². The lowest BCUT2D eigenvalue weighted by molar-refractivity contribution is -0.00498. The summed E-state index contributed by atoms with van der Waals surface area (Å²) < 4.78 is 28.8. The molecule has 1 aliphatic heterocycles. The number of rotatable bonds is 9. The van der Waals surface area contributed by atoms with Crippen LogP contribution < -0.4 is 18.9 Å².